The van der Waals surface area contributed by atoms with Crippen molar-refractivity contribution in [3.63, 3.8) is 0 Å². The Kier molecular flexibility index (Phi) is 4.53. The van der Waals surface area contributed by atoms with Crippen LogP contribution >= 0.6 is 0 Å². The molecule has 0 saturated heterocycles. The number of benzene rings is 2. The molecule has 6 nitrogen and oxygen atoms in total. The van der Waals surface area contributed by atoms with Gasteiger partial charge in [0.2, 0.25) is 0 Å². The van der Waals surface area contributed by atoms with E-state index in [4.69, 9.17) is 4.98 Å². The number of imidazole rings is 1. The van der Waals surface area contributed by atoms with E-state index in [0.29, 0.717) is 5.69 Å². The third-order valence-corrected chi connectivity index (χ3v) is 4.41. The minimum atomic E-state index is -0.389. The van der Waals surface area contributed by atoms with Gasteiger partial charge in [0.05, 0.1) is 22.9 Å². The number of carbonyl (C=O) groups is 1. The van der Waals surface area contributed by atoms with Crippen molar-refractivity contribution in [1.29, 1.82) is 0 Å². The van der Waals surface area contributed by atoms with E-state index >= 15 is 0 Å². The molecule has 0 radical (unpaired) electrons. The van der Waals surface area contributed by atoms with E-state index in [9.17, 15) is 4.79 Å². The zero-order valence-electron chi connectivity index (χ0n) is 14.8. The van der Waals surface area contributed by atoms with Crippen LogP contribution in [-0.2, 0) is 7.05 Å². The van der Waals surface area contributed by atoms with Gasteiger partial charge in [0, 0.05) is 13.2 Å². The minimum absolute atomic E-state index is 0.316. The average molecular weight is 357 g/mol. The number of aryl methyl sites for hydroxylation is 1. The molecule has 0 aliphatic carbocycles. The summed E-state index contributed by atoms with van der Waals surface area (Å²) < 4.78 is 2.01. The molecule has 2 aromatic carbocycles. The van der Waals surface area contributed by atoms with E-state index in [1.54, 1.807) is 24.5 Å². The Morgan fingerprint density at radius 3 is 2.52 bits per heavy atom. The fourth-order valence-electron chi connectivity index (χ4n) is 3.10. The van der Waals surface area contributed by atoms with Crippen LogP contribution in [0.4, 0.5) is 10.5 Å². The Labute approximate surface area is 156 Å². The molecule has 2 N–H and O–H groups in total. The molecule has 0 fully saturated rings. The highest BCUT2D eigenvalue weighted by Gasteiger charge is 2.22. The maximum atomic E-state index is 12.6. The van der Waals surface area contributed by atoms with Gasteiger partial charge in [0.15, 0.2) is 0 Å². The third-order valence-electron chi connectivity index (χ3n) is 4.41. The number of urea groups is 1. The summed E-state index contributed by atoms with van der Waals surface area (Å²) in [6.45, 7) is 0. The average Bonchev–Trinajstić information content (AvgIpc) is 3.04. The van der Waals surface area contributed by atoms with Crippen molar-refractivity contribution in [1.82, 2.24) is 19.9 Å². The van der Waals surface area contributed by atoms with Crippen molar-refractivity contribution in [3.05, 3.63) is 90.5 Å². The number of aromatic nitrogens is 3. The highest BCUT2D eigenvalue weighted by atomic mass is 16.2. The first-order valence-electron chi connectivity index (χ1n) is 8.66. The molecular weight excluding hydrogens is 338 g/mol. The molecule has 0 unspecified atom stereocenters. The zero-order valence-corrected chi connectivity index (χ0v) is 14.8. The molecule has 2 amide bonds. The Bertz CT molecular complexity index is 1060. The van der Waals surface area contributed by atoms with Crippen LogP contribution in [0.3, 0.4) is 0 Å². The maximum Gasteiger partial charge on any atom is 0.320 e. The molecule has 0 aliphatic rings. The largest absolute Gasteiger partial charge is 0.329 e. The number of rotatable bonds is 4. The summed E-state index contributed by atoms with van der Waals surface area (Å²) in [5, 5.41) is 5.85. The summed E-state index contributed by atoms with van der Waals surface area (Å²) in [5.74, 6) is 0.767. The zero-order chi connectivity index (χ0) is 18.6. The molecule has 2 aromatic heterocycles. The van der Waals surface area contributed by atoms with Crippen molar-refractivity contribution in [2.24, 2.45) is 7.05 Å². The second-order valence-corrected chi connectivity index (χ2v) is 6.20. The van der Waals surface area contributed by atoms with E-state index < -0.39 is 0 Å². The summed E-state index contributed by atoms with van der Waals surface area (Å²) in [6.07, 6.45) is 3.27. The molecule has 0 bridgehead atoms. The molecule has 1 atom stereocenters. The van der Waals surface area contributed by atoms with Crippen molar-refractivity contribution in [2.75, 3.05) is 5.32 Å². The van der Waals surface area contributed by atoms with Gasteiger partial charge in [0.1, 0.15) is 11.9 Å². The van der Waals surface area contributed by atoms with Gasteiger partial charge in [-0.2, -0.15) is 0 Å². The second kappa shape index (κ2) is 7.29. The van der Waals surface area contributed by atoms with Gasteiger partial charge in [0.25, 0.3) is 0 Å². The Hall–Kier alpha value is -3.67. The normalized spacial score (nSPS) is 11.9. The fourth-order valence-corrected chi connectivity index (χ4v) is 3.10. The van der Waals surface area contributed by atoms with E-state index in [0.717, 1.165) is 22.4 Å². The lowest BCUT2D eigenvalue weighted by Crippen LogP contribution is -2.34. The van der Waals surface area contributed by atoms with Crippen LogP contribution in [0.1, 0.15) is 17.4 Å². The first kappa shape index (κ1) is 16.8. The van der Waals surface area contributed by atoms with Crippen molar-refractivity contribution in [2.45, 2.75) is 6.04 Å². The van der Waals surface area contributed by atoms with Crippen molar-refractivity contribution >= 4 is 22.8 Å². The molecule has 4 aromatic rings. The van der Waals surface area contributed by atoms with E-state index in [1.807, 2.05) is 66.2 Å². The molecule has 2 heterocycles. The van der Waals surface area contributed by atoms with E-state index in [2.05, 4.69) is 15.6 Å². The standard InChI is InChI=1S/C21H19N5O/c1-26-18-12-6-5-11-17(18)24-20(26)19(15-8-3-2-4-9-15)25-21(27)23-16-10-7-13-22-14-16/h2-14,19H,1H3,(H2,23,25,27)/t19-/m0/s1. The number of pyridine rings is 1. The summed E-state index contributed by atoms with van der Waals surface area (Å²) in [7, 11) is 1.96. The predicted molar refractivity (Wildman–Crippen MR) is 105 cm³/mol. The number of hydrogen-bond donors (Lipinski definition) is 2. The van der Waals surface area contributed by atoms with Gasteiger partial charge >= 0.3 is 6.03 Å². The number of carbonyl (C=O) groups excluding carboxylic acids is 1. The van der Waals surface area contributed by atoms with Crippen LogP contribution in [0.25, 0.3) is 11.0 Å². The second-order valence-electron chi connectivity index (χ2n) is 6.20. The lowest BCUT2D eigenvalue weighted by Gasteiger charge is -2.19. The van der Waals surface area contributed by atoms with Crippen molar-refractivity contribution < 1.29 is 4.79 Å². The van der Waals surface area contributed by atoms with E-state index in [-0.39, 0.29) is 12.1 Å². The molecule has 4 rings (SSSR count). The number of amides is 2. The first-order valence-corrected chi connectivity index (χ1v) is 8.66. The van der Waals surface area contributed by atoms with Crippen molar-refractivity contribution in [3.8, 4) is 0 Å². The number of hydrogen-bond acceptors (Lipinski definition) is 3. The summed E-state index contributed by atoms with van der Waals surface area (Å²) in [4.78, 5) is 21.4. The molecule has 0 spiro atoms. The molecule has 27 heavy (non-hydrogen) atoms. The van der Waals surface area contributed by atoms with Crippen LogP contribution < -0.4 is 10.6 Å². The van der Waals surface area contributed by atoms with Gasteiger partial charge < -0.3 is 15.2 Å². The van der Waals surface area contributed by atoms with Gasteiger partial charge in [-0.25, -0.2) is 9.78 Å². The molecule has 6 heteroatoms. The SMILES string of the molecule is Cn1c([C@@H](NC(=O)Nc2cccnc2)c2ccccc2)nc2ccccc21. The Morgan fingerprint density at radius 1 is 1.00 bits per heavy atom. The maximum absolute atomic E-state index is 12.6. The summed E-state index contributed by atoms with van der Waals surface area (Å²) >= 11 is 0. The summed E-state index contributed by atoms with van der Waals surface area (Å²) in [5.41, 5.74) is 3.50. The molecule has 134 valence electrons. The molecular formula is C21H19N5O. The van der Waals surface area contributed by atoms with Gasteiger partial charge in [-0.3, -0.25) is 4.98 Å². The molecule has 0 saturated carbocycles. The highest BCUT2D eigenvalue weighted by molar-refractivity contribution is 5.89. The number of nitrogens with zero attached hydrogens (tertiary/aromatic N) is 3. The molecule has 0 aliphatic heterocycles. The van der Waals surface area contributed by atoms with Crippen LogP contribution in [0.5, 0.6) is 0 Å². The number of para-hydroxylation sites is 2. The lowest BCUT2D eigenvalue weighted by atomic mass is 10.1. The number of nitrogens with one attached hydrogen (secondary N) is 2. The van der Waals surface area contributed by atoms with E-state index in [1.165, 1.54) is 0 Å². The number of anilines is 1. The lowest BCUT2D eigenvalue weighted by molar-refractivity contribution is 0.249. The first-order chi connectivity index (χ1) is 13.2. The monoisotopic (exact) mass is 357 g/mol. The third kappa shape index (κ3) is 3.50. The van der Waals surface area contributed by atoms with Gasteiger partial charge in [-0.1, -0.05) is 42.5 Å². The van der Waals surface area contributed by atoms with Gasteiger partial charge in [-0.15, -0.1) is 0 Å². The predicted octanol–water partition coefficient (Wildman–Crippen LogP) is 3.88. The Morgan fingerprint density at radius 2 is 1.78 bits per heavy atom. The fraction of sp³-hybridized carbons (Fsp3) is 0.0952. The highest BCUT2D eigenvalue weighted by Crippen LogP contribution is 2.25. The van der Waals surface area contributed by atoms with Crippen LogP contribution in [0.15, 0.2) is 79.1 Å². The minimum Gasteiger partial charge on any atom is -0.329 e. The quantitative estimate of drug-likeness (QED) is 0.582. The van der Waals surface area contributed by atoms with Crippen LogP contribution in [-0.4, -0.2) is 20.6 Å². The number of fused-ring (bicyclic) bond motifs is 1. The smallest absolute Gasteiger partial charge is 0.320 e. The summed E-state index contributed by atoms with van der Waals surface area (Å²) in [6, 6.07) is 20.6. The topological polar surface area (TPSA) is 71.8 Å². The van der Waals surface area contributed by atoms with Crippen LogP contribution in [0, 0.1) is 0 Å². The Balaban J connectivity index is 1.69. The van der Waals surface area contributed by atoms with Crippen LogP contribution in [0.2, 0.25) is 0 Å². The van der Waals surface area contributed by atoms with Gasteiger partial charge in [-0.05, 0) is 29.8 Å².